The second kappa shape index (κ2) is 6.48. The molecule has 0 saturated heterocycles. The van der Waals surface area contributed by atoms with Gasteiger partial charge in [0.05, 0.1) is 22.2 Å². The van der Waals surface area contributed by atoms with Crippen LogP contribution in [-0.2, 0) is 0 Å². The number of aromatic amines is 1. The molecule has 6 heteroatoms. The monoisotopic (exact) mass is 415 g/mol. The van der Waals surface area contributed by atoms with E-state index in [0.717, 1.165) is 37.7 Å². The molecular weight excluding hydrogens is 402 g/mol. The van der Waals surface area contributed by atoms with Crippen molar-refractivity contribution in [3.8, 4) is 11.3 Å². The summed E-state index contributed by atoms with van der Waals surface area (Å²) >= 11 is 3.54. The topological polar surface area (TPSA) is 66.5 Å². The van der Waals surface area contributed by atoms with Gasteiger partial charge in [0.15, 0.2) is 0 Å². The summed E-state index contributed by atoms with van der Waals surface area (Å²) in [5.41, 5.74) is 4.64. The third-order valence-corrected chi connectivity index (χ3v) is 4.82. The van der Waals surface area contributed by atoms with Crippen molar-refractivity contribution in [1.29, 1.82) is 0 Å². The van der Waals surface area contributed by atoms with Crippen molar-refractivity contribution in [1.82, 2.24) is 19.9 Å². The van der Waals surface area contributed by atoms with Gasteiger partial charge in [-0.1, -0.05) is 58.4 Å². The molecule has 2 N–H and O–H groups in total. The average Bonchev–Trinajstić information content (AvgIpc) is 3.10. The van der Waals surface area contributed by atoms with Crippen molar-refractivity contribution in [2.75, 3.05) is 5.32 Å². The van der Waals surface area contributed by atoms with Gasteiger partial charge in [0.1, 0.15) is 0 Å². The Morgan fingerprint density at radius 1 is 0.778 bits per heavy atom. The fraction of sp³-hybridized carbons (Fsp3) is 0. The number of hydrogen-bond acceptors (Lipinski definition) is 4. The molecule has 5 aromatic rings. The summed E-state index contributed by atoms with van der Waals surface area (Å²) in [6.07, 6.45) is 0. The number of aromatic nitrogens is 4. The molecule has 0 amide bonds. The third-order valence-electron chi connectivity index (χ3n) is 4.32. The first kappa shape index (κ1) is 16.0. The number of fused-ring (bicyclic) bond motifs is 2. The summed E-state index contributed by atoms with van der Waals surface area (Å²) in [7, 11) is 0. The van der Waals surface area contributed by atoms with E-state index in [1.54, 1.807) is 0 Å². The van der Waals surface area contributed by atoms with Crippen LogP contribution in [0.25, 0.3) is 33.2 Å². The Morgan fingerprint density at radius 2 is 1.59 bits per heavy atom. The maximum absolute atomic E-state index is 4.77. The first-order valence-electron chi connectivity index (χ1n) is 8.51. The number of anilines is 2. The van der Waals surface area contributed by atoms with Gasteiger partial charge in [0.2, 0.25) is 11.9 Å². The molecule has 27 heavy (non-hydrogen) atoms. The zero-order chi connectivity index (χ0) is 18.2. The van der Waals surface area contributed by atoms with Crippen LogP contribution in [0.1, 0.15) is 0 Å². The molecule has 2 heterocycles. The largest absolute Gasteiger partial charge is 0.324 e. The minimum atomic E-state index is 0.503. The minimum absolute atomic E-state index is 0.503. The Labute approximate surface area is 163 Å². The minimum Gasteiger partial charge on any atom is -0.324 e. The molecule has 3 aromatic carbocycles. The predicted octanol–water partition coefficient (Wildman–Crippen LogP) is 5.68. The molecule has 0 aliphatic heterocycles. The molecule has 5 rings (SSSR count). The molecule has 0 unspecified atom stereocenters. The van der Waals surface area contributed by atoms with Crippen LogP contribution >= 0.6 is 15.9 Å². The van der Waals surface area contributed by atoms with Gasteiger partial charge in [-0.25, -0.2) is 15.0 Å². The fourth-order valence-electron chi connectivity index (χ4n) is 3.09. The lowest BCUT2D eigenvalue weighted by atomic mass is 10.1. The summed E-state index contributed by atoms with van der Waals surface area (Å²) in [5.74, 6) is 1.12. The van der Waals surface area contributed by atoms with Crippen molar-refractivity contribution in [2.24, 2.45) is 0 Å². The smallest absolute Gasteiger partial charge is 0.230 e. The van der Waals surface area contributed by atoms with Gasteiger partial charge in [-0.2, -0.15) is 0 Å². The summed E-state index contributed by atoms with van der Waals surface area (Å²) in [6.45, 7) is 0. The van der Waals surface area contributed by atoms with Gasteiger partial charge in [0.25, 0.3) is 0 Å². The van der Waals surface area contributed by atoms with Crippen molar-refractivity contribution in [2.45, 2.75) is 0 Å². The van der Waals surface area contributed by atoms with Gasteiger partial charge in [-0.15, -0.1) is 0 Å². The lowest BCUT2D eigenvalue weighted by molar-refractivity contribution is 1.18. The zero-order valence-electron chi connectivity index (χ0n) is 14.1. The van der Waals surface area contributed by atoms with E-state index in [0.29, 0.717) is 11.9 Å². The standard InChI is InChI=1S/C21H14BrN5/c22-14-10-11-16-15(12-14)19(13-6-2-1-3-7-13)26-21(23-16)27-20-24-17-8-4-5-9-18(17)25-20/h1-12H,(H2,23,24,25,26,27). The maximum Gasteiger partial charge on any atom is 0.230 e. The average molecular weight is 416 g/mol. The molecule has 0 bridgehead atoms. The van der Waals surface area contributed by atoms with Crippen molar-refractivity contribution in [3.05, 3.63) is 77.3 Å². The molecule has 0 atom stereocenters. The van der Waals surface area contributed by atoms with Crippen LogP contribution in [0.2, 0.25) is 0 Å². The highest BCUT2D eigenvalue weighted by molar-refractivity contribution is 9.10. The number of para-hydroxylation sites is 2. The van der Waals surface area contributed by atoms with Crippen molar-refractivity contribution >= 4 is 49.8 Å². The number of hydrogen-bond donors (Lipinski definition) is 2. The Balaban J connectivity index is 1.65. The molecule has 0 spiro atoms. The van der Waals surface area contributed by atoms with E-state index < -0.39 is 0 Å². The fourth-order valence-corrected chi connectivity index (χ4v) is 3.45. The van der Waals surface area contributed by atoms with Crippen LogP contribution in [0.3, 0.4) is 0 Å². The molecule has 0 fully saturated rings. The Bertz CT molecular complexity index is 1230. The first-order chi connectivity index (χ1) is 13.3. The van der Waals surface area contributed by atoms with E-state index in [1.165, 1.54) is 0 Å². The van der Waals surface area contributed by atoms with E-state index in [-0.39, 0.29) is 0 Å². The SMILES string of the molecule is Brc1ccc2nc(Nc3nc4ccccc4[nH]3)nc(-c3ccccc3)c2c1. The lowest BCUT2D eigenvalue weighted by Gasteiger charge is -2.09. The molecule has 130 valence electrons. The lowest BCUT2D eigenvalue weighted by Crippen LogP contribution is -2.01. The quantitative estimate of drug-likeness (QED) is 0.397. The van der Waals surface area contributed by atoms with Gasteiger partial charge in [0, 0.05) is 15.4 Å². The molecule has 0 aliphatic carbocycles. The molecule has 5 nitrogen and oxygen atoms in total. The summed E-state index contributed by atoms with van der Waals surface area (Å²) in [6, 6.07) is 24.0. The number of H-pyrrole nitrogens is 1. The Kier molecular flexibility index (Phi) is 3.83. The molecule has 0 radical (unpaired) electrons. The number of nitrogens with one attached hydrogen (secondary N) is 2. The maximum atomic E-state index is 4.77. The Hall–Kier alpha value is -3.25. The van der Waals surface area contributed by atoms with Crippen LogP contribution in [0, 0.1) is 0 Å². The second-order valence-corrected chi connectivity index (χ2v) is 7.07. The molecule has 2 aromatic heterocycles. The van der Waals surface area contributed by atoms with E-state index in [4.69, 9.17) is 4.98 Å². The number of benzene rings is 3. The second-order valence-electron chi connectivity index (χ2n) is 6.15. The molecule has 0 aliphatic rings. The highest BCUT2D eigenvalue weighted by atomic mass is 79.9. The molecule has 0 saturated carbocycles. The van der Waals surface area contributed by atoms with Crippen LogP contribution < -0.4 is 5.32 Å². The van der Waals surface area contributed by atoms with Gasteiger partial charge in [-0.3, -0.25) is 5.32 Å². The van der Waals surface area contributed by atoms with Crippen LogP contribution in [0.4, 0.5) is 11.9 Å². The summed E-state index contributed by atoms with van der Waals surface area (Å²) in [5, 5.41) is 4.20. The normalized spacial score (nSPS) is 11.1. The first-order valence-corrected chi connectivity index (χ1v) is 9.30. The number of rotatable bonds is 3. The number of halogens is 1. The summed E-state index contributed by atoms with van der Waals surface area (Å²) in [4.78, 5) is 17.2. The summed E-state index contributed by atoms with van der Waals surface area (Å²) < 4.78 is 0.994. The highest BCUT2D eigenvalue weighted by Crippen LogP contribution is 2.30. The van der Waals surface area contributed by atoms with Crippen LogP contribution in [0.15, 0.2) is 77.3 Å². The van der Waals surface area contributed by atoms with E-state index in [1.807, 2.05) is 72.8 Å². The van der Waals surface area contributed by atoms with Crippen LogP contribution in [-0.4, -0.2) is 19.9 Å². The number of nitrogens with zero attached hydrogens (tertiary/aromatic N) is 3. The van der Waals surface area contributed by atoms with Gasteiger partial charge < -0.3 is 4.98 Å². The van der Waals surface area contributed by atoms with E-state index in [9.17, 15) is 0 Å². The zero-order valence-corrected chi connectivity index (χ0v) is 15.7. The molecular formula is C21H14BrN5. The highest BCUT2D eigenvalue weighted by Gasteiger charge is 2.12. The Morgan fingerprint density at radius 3 is 2.44 bits per heavy atom. The van der Waals surface area contributed by atoms with Crippen molar-refractivity contribution < 1.29 is 0 Å². The van der Waals surface area contributed by atoms with Gasteiger partial charge in [-0.05, 0) is 30.3 Å². The van der Waals surface area contributed by atoms with Gasteiger partial charge >= 0.3 is 0 Å². The third kappa shape index (κ3) is 3.04. The number of imidazole rings is 1. The predicted molar refractivity (Wildman–Crippen MR) is 112 cm³/mol. The van der Waals surface area contributed by atoms with E-state index >= 15 is 0 Å². The van der Waals surface area contributed by atoms with Crippen LogP contribution in [0.5, 0.6) is 0 Å². The van der Waals surface area contributed by atoms with Crippen molar-refractivity contribution in [3.63, 3.8) is 0 Å². The van der Waals surface area contributed by atoms with E-state index in [2.05, 4.69) is 36.2 Å².